The Kier molecular flexibility index (Phi) is 4.40. The molecule has 1 saturated heterocycles. The Morgan fingerprint density at radius 3 is 2.60 bits per heavy atom. The lowest BCUT2D eigenvalue weighted by molar-refractivity contribution is 0.0682. The van der Waals surface area contributed by atoms with Gasteiger partial charge in [0.1, 0.15) is 6.33 Å². The van der Waals surface area contributed by atoms with Crippen LogP contribution in [0.15, 0.2) is 12.5 Å². The molecule has 0 radical (unpaired) electrons. The summed E-state index contributed by atoms with van der Waals surface area (Å²) in [5.41, 5.74) is 1.18. The molecule has 136 valence electrons. The van der Waals surface area contributed by atoms with Crippen molar-refractivity contribution < 1.29 is 9.53 Å². The van der Waals surface area contributed by atoms with Gasteiger partial charge in [0.25, 0.3) is 5.91 Å². The van der Waals surface area contributed by atoms with E-state index in [4.69, 9.17) is 4.74 Å². The molecule has 1 aliphatic rings. The molecule has 25 heavy (non-hydrogen) atoms. The number of likely N-dealkylation sites (tertiary alicyclic amines) is 1. The molecule has 0 unspecified atom stereocenters. The molecule has 0 aromatic carbocycles. The van der Waals surface area contributed by atoms with Gasteiger partial charge >= 0.3 is 0 Å². The molecule has 3 rings (SSSR count). The van der Waals surface area contributed by atoms with Crippen molar-refractivity contribution in [1.29, 1.82) is 0 Å². The highest BCUT2D eigenvalue weighted by molar-refractivity contribution is 5.95. The molecule has 0 saturated carbocycles. The van der Waals surface area contributed by atoms with E-state index in [2.05, 4.69) is 36.1 Å². The number of hydrogen-bond acceptors (Lipinski definition) is 5. The number of hydrogen-bond donors (Lipinski definition) is 0. The Labute approximate surface area is 147 Å². The lowest BCUT2D eigenvalue weighted by Crippen LogP contribution is -2.33. The van der Waals surface area contributed by atoms with Gasteiger partial charge in [0.2, 0.25) is 0 Å². The van der Waals surface area contributed by atoms with Crippen molar-refractivity contribution in [3.63, 3.8) is 0 Å². The predicted molar refractivity (Wildman–Crippen MR) is 92.2 cm³/mol. The third-order valence-electron chi connectivity index (χ3n) is 4.72. The summed E-state index contributed by atoms with van der Waals surface area (Å²) >= 11 is 0. The van der Waals surface area contributed by atoms with Crippen LogP contribution in [0.3, 0.4) is 0 Å². The van der Waals surface area contributed by atoms with Crippen molar-refractivity contribution in [2.24, 2.45) is 7.05 Å². The summed E-state index contributed by atoms with van der Waals surface area (Å²) in [5, 5.41) is 12.7. The number of ether oxygens (including phenoxy) is 1. The van der Waals surface area contributed by atoms with Crippen molar-refractivity contribution in [2.75, 3.05) is 13.7 Å². The molecule has 0 spiro atoms. The van der Waals surface area contributed by atoms with Crippen molar-refractivity contribution in [2.45, 2.75) is 51.8 Å². The summed E-state index contributed by atoms with van der Waals surface area (Å²) in [6.45, 7) is 8.59. The van der Waals surface area contributed by atoms with Gasteiger partial charge in [-0.15, -0.1) is 10.2 Å². The van der Waals surface area contributed by atoms with E-state index in [0.717, 1.165) is 11.5 Å². The van der Waals surface area contributed by atoms with Crippen LogP contribution in [0.5, 0.6) is 0 Å². The van der Waals surface area contributed by atoms with Crippen molar-refractivity contribution >= 4 is 5.91 Å². The number of carbonyl (C=O) groups excluding carboxylic acids is 1. The van der Waals surface area contributed by atoms with Gasteiger partial charge < -0.3 is 14.2 Å². The van der Waals surface area contributed by atoms with E-state index in [1.54, 1.807) is 13.4 Å². The maximum Gasteiger partial charge on any atom is 0.258 e. The second-order valence-electron chi connectivity index (χ2n) is 7.61. The third kappa shape index (κ3) is 3.18. The van der Waals surface area contributed by atoms with E-state index in [0.29, 0.717) is 18.5 Å². The van der Waals surface area contributed by atoms with Gasteiger partial charge in [-0.1, -0.05) is 0 Å². The zero-order chi connectivity index (χ0) is 18.4. The van der Waals surface area contributed by atoms with Gasteiger partial charge in [0.05, 0.1) is 28.9 Å². The maximum atomic E-state index is 13.2. The lowest BCUT2D eigenvalue weighted by atomic mass is 10.1. The minimum atomic E-state index is -0.174. The fraction of sp³-hybridized carbons (Fsp3) is 0.647. The quantitative estimate of drug-likeness (QED) is 0.845. The SMILES string of the molecule is CO[C@@H]1C[C@@H](c2nncn2C)N(C(=O)c2cn(C(C)(C)C)nc2C)C1. The Balaban J connectivity index is 1.94. The Hall–Kier alpha value is -2.22. The van der Waals surface area contributed by atoms with E-state index in [9.17, 15) is 4.79 Å². The second kappa shape index (κ2) is 6.25. The van der Waals surface area contributed by atoms with Crippen LogP contribution < -0.4 is 0 Å². The fourth-order valence-corrected chi connectivity index (χ4v) is 3.20. The first kappa shape index (κ1) is 17.6. The molecule has 0 aliphatic carbocycles. The summed E-state index contributed by atoms with van der Waals surface area (Å²) in [7, 11) is 3.57. The first-order valence-corrected chi connectivity index (χ1v) is 8.46. The Bertz CT molecular complexity index is 772. The van der Waals surface area contributed by atoms with Crippen LogP contribution in [-0.4, -0.2) is 55.1 Å². The predicted octanol–water partition coefficient (Wildman–Crippen LogP) is 1.68. The van der Waals surface area contributed by atoms with Crippen molar-refractivity contribution in [3.8, 4) is 0 Å². The number of nitrogens with zero attached hydrogens (tertiary/aromatic N) is 6. The minimum absolute atomic E-state index is 0.0105. The monoisotopic (exact) mass is 346 g/mol. The molecule has 2 aromatic heterocycles. The number of aryl methyl sites for hydroxylation is 2. The highest BCUT2D eigenvalue weighted by atomic mass is 16.5. The zero-order valence-corrected chi connectivity index (χ0v) is 15.7. The molecule has 8 nitrogen and oxygen atoms in total. The highest BCUT2D eigenvalue weighted by Crippen LogP contribution is 2.33. The van der Waals surface area contributed by atoms with E-state index in [1.807, 2.05) is 34.3 Å². The molecule has 1 fully saturated rings. The van der Waals surface area contributed by atoms with Crippen molar-refractivity contribution in [1.82, 2.24) is 29.4 Å². The van der Waals surface area contributed by atoms with E-state index in [-0.39, 0.29) is 23.6 Å². The summed E-state index contributed by atoms with van der Waals surface area (Å²) in [6.07, 6.45) is 4.19. The Morgan fingerprint density at radius 2 is 2.08 bits per heavy atom. The van der Waals surface area contributed by atoms with Crippen LogP contribution in [0, 0.1) is 6.92 Å². The number of rotatable bonds is 3. The van der Waals surface area contributed by atoms with Gasteiger partial charge in [-0.25, -0.2) is 0 Å². The van der Waals surface area contributed by atoms with Crippen LogP contribution in [0.1, 0.15) is 55.1 Å². The van der Waals surface area contributed by atoms with Gasteiger partial charge in [0.15, 0.2) is 5.82 Å². The molecule has 3 heterocycles. The molecular formula is C17H26N6O2. The van der Waals surface area contributed by atoms with Crippen LogP contribution in [0.2, 0.25) is 0 Å². The third-order valence-corrected chi connectivity index (χ3v) is 4.72. The van der Waals surface area contributed by atoms with Crippen LogP contribution >= 0.6 is 0 Å². The van der Waals surface area contributed by atoms with Gasteiger partial charge in [-0.3, -0.25) is 9.48 Å². The maximum absolute atomic E-state index is 13.2. The van der Waals surface area contributed by atoms with Crippen LogP contribution in [0.4, 0.5) is 0 Å². The molecule has 0 bridgehead atoms. The van der Waals surface area contributed by atoms with E-state index >= 15 is 0 Å². The van der Waals surface area contributed by atoms with Gasteiger partial charge in [-0.2, -0.15) is 5.10 Å². The molecule has 2 atom stereocenters. The van der Waals surface area contributed by atoms with E-state index in [1.165, 1.54) is 0 Å². The number of carbonyl (C=O) groups is 1. The molecule has 1 amide bonds. The highest BCUT2D eigenvalue weighted by Gasteiger charge is 2.40. The summed E-state index contributed by atoms with van der Waals surface area (Å²) in [4.78, 5) is 15.1. The molecular weight excluding hydrogens is 320 g/mol. The first-order valence-electron chi connectivity index (χ1n) is 8.46. The smallest absolute Gasteiger partial charge is 0.258 e. The largest absolute Gasteiger partial charge is 0.380 e. The van der Waals surface area contributed by atoms with Crippen molar-refractivity contribution in [3.05, 3.63) is 29.6 Å². The molecule has 1 aliphatic heterocycles. The van der Waals surface area contributed by atoms with Gasteiger partial charge in [0, 0.05) is 33.3 Å². The van der Waals surface area contributed by atoms with Crippen LogP contribution in [0.25, 0.3) is 0 Å². The van der Waals surface area contributed by atoms with E-state index < -0.39 is 0 Å². The number of amides is 1. The standard InChI is InChI=1S/C17H26N6O2/c1-11-13(9-23(20-11)17(2,3)4)16(24)22-8-12(25-6)7-14(22)15-19-18-10-21(15)5/h9-10,12,14H,7-8H2,1-6H3/t12-,14+/m1/s1. The average Bonchev–Trinajstić information content (AvgIpc) is 3.23. The fourth-order valence-electron chi connectivity index (χ4n) is 3.20. The topological polar surface area (TPSA) is 78.1 Å². The molecule has 0 N–H and O–H groups in total. The zero-order valence-electron chi connectivity index (χ0n) is 15.7. The second-order valence-corrected chi connectivity index (χ2v) is 7.61. The van der Waals surface area contributed by atoms with Crippen LogP contribution in [-0.2, 0) is 17.3 Å². The average molecular weight is 346 g/mol. The Morgan fingerprint density at radius 1 is 1.36 bits per heavy atom. The lowest BCUT2D eigenvalue weighted by Gasteiger charge is -2.23. The molecule has 8 heteroatoms. The first-order chi connectivity index (χ1) is 11.7. The summed E-state index contributed by atoms with van der Waals surface area (Å²) < 4.78 is 9.21. The summed E-state index contributed by atoms with van der Waals surface area (Å²) in [6, 6.07) is -0.151. The normalized spacial score (nSPS) is 21.1. The number of methoxy groups -OCH3 is 1. The molecule has 2 aromatic rings. The van der Waals surface area contributed by atoms with Gasteiger partial charge in [-0.05, 0) is 27.7 Å². The summed E-state index contributed by atoms with van der Waals surface area (Å²) in [5.74, 6) is 0.731. The minimum Gasteiger partial charge on any atom is -0.380 e. The number of aromatic nitrogens is 5.